The van der Waals surface area contributed by atoms with Crippen LogP contribution in [0.15, 0.2) is 95.2 Å². The van der Waals surface area contributed by atoms with E-state index >= 15 is 0 Å². The number of rotatable bonds is 11. The van der Waals surface area contributed by atoms with Gasteiger partial charge in [0.1, 0.15) is 5.75 Å². The van der Waals surface area contributed by atoms with Crippen molar-refractivity contribution in [3.05, 3.63) is 107 Å². The zero-order valence-electron chi connectivity index (χ0n) is 31.2. The molecule has 282 valence electrons. The lowest BCUT2D eigenvalue weighted by Crippen LogP contribution is -2.42. The first-order valence-corrected chi connectivity index (χ1v) is 18.2. The van der Waals surface area contributed by atoms with E-state index in [2.05, 4.69) is 6.92 Å². The minimum atomic E-state index is -0.953. The summed E-state index contributed by atoms with van der Waals surface area (Å²) in [6, 6.07) is 22.4. The Labute approximate surface area is 319 Å². The third kappa shape index (κ3) is 6.74. The van der Waals surface area contributed by atoms with Gasteiger partial charge in [-0.1, -0.05) is 24.3 Å². The highest BCUT2D eigenvalue weighted by Crippen LogP contribution is 2.47. The Morgan fingerprint density at radius 3 is 2.15 bits per heavy atom. The second-order valence-electron chi connectivity index (χ2n) is 14.1. The van der Waals surface area contributed by atoms with Gasteiger partial charge in [0.05, 0.1) is 63.1 Å². The third-order valence-electron chi connectivity index (χ3n) is 10.5. The van der Waals surface area contributed by atoms with Gasteiger partial charge in [0.15, 0.2) is 29.2 Å². The van der Waals surface area contributed by atoms with E-state index < -0.39 is 11.8 Å². The molecule has 3 N–H and O–H groups in total. The maximum atomic E-state index is 13.7. The number of nitrogen functional groups attached to an aromatic ring is 1. The number of carbonyl (C=O) groups is 1. The summed E-state index contributed by atoms with van der Waals surface area (Å²) in [6.07, 6.45) is 8.51. The van der Waals surface area contributed by atoms with E-state index in [1.165, 1.54) is 0 Å². The van der Waals surface area contributed by atoms with Crippen molar-refractivity contribution in [2.45, 2.75) is 44.0 Å². The molecule has 3 atom stereocenters. The number of ether oxygens (including phenoxy) is 5. The van der Waals surface area contributed by atoms with Crippen molar-refractivity contribution < 1.29 is 33.6 Å². The van der Waals surface area contributed by atoms with Crippen LogP contribution in [-0.2, 0) is 0 Å². The lowest BCUT2D eigenvalue weighted by Gasteiger charge is -2.35. The summed E-state index contributed by atoms with van der Waals surface area (Å²) in [5.41, 5.74) is 12.4. The van der Waals surface area contributed by atoms with Gasteiger partial charge in [-0.15, -0.1) is 0 Å². The van der Waals surface area contributed by atoms with Crippen LogP contribution in [-0.4, -0.2) is 79.4 Å². The molecule has 0 saturated heterocycles. The highest BCUT2D eigenvalue weighted by molar-refractivity contribution is 6.05. The van der Waals surface area contributed by atoms with E-state index in [1.807, 2.05) is 78.3 Å². The van der Waals surface area contributed by atoms with Crippen molar-refractivity contribution in [3.8, 4) is 28.7 Å². The van der Waals surface area contributed by atoms with Crippen LogP contribution >= 0.6 is 0 Å². The molecule has 0 radical (unpaired) electrons. The van der Waals surface area contributed by atoms with Crippen LogP contribution in [0.4, 0.5) is 17.1 Å². The Bertz CT molecular complexity index is 2250. The topological polar surface area (TPSA) is 141 Å². The number of aliphatic hydroxyl groups excluding tert-OH is 1. The molecule has 0 bridgehead atoms. The van der Waals surface area contributed by atoms with Gasteiger partial charge in [-0.05, 0) is 65.6 Å². The molecule has 4 aliphatic rings. The van der Waals surface area contributed by atoms with E-state index in [4.69, 9.17) is 39.4 Å². The lowest BCUT2D eigenvalue weighted by molar-refractivity contribution is 0.00664. The molecule has 55 heavy (non-hydrogen) atoms. The summed E-state index contributed by atoms with van der Waals surface area (Å²) < 4.78 is 29.0. The molecule has 12 nitrogen and oxygen atoms in total. The number of amides is 1. The first kappa shape index (κ1) is 35.7. The average molecular weight is 742 g/mol. The van der Waals surface area contributed by atoms with Crippen LogP contribution in [0, 0.1) is 0 Å². The smallest absolute Gasteiger partial charge is 0.260 e. The molecule has 0 saturated carbocycles. The van der Waals surface area contributed by atoms with Gasteiger partial charge in [0, 0.05) is 67.5 Å². The number of nitrogens with two attached hydrogens (primary N) is 1. The molecule has 0 aromatic heterocycles. The normalized spacial score (nSPS) is 20.7. The molecule has 8 rings (SSSR count). The molecule has 4 aromatic carbocycles. The Kier molecular flexibility index (Phi) is 9.44. The monoisotopic (exact) mass is 741 g/mol. The van der Waals surface area contributed by atoms with Crippen LogP contribution in [0.3, 0.4) is 0 Å². The summed E-state index contributed by atoms with van der Waals surface area (Å²) in [5, 5.41) is 11.7. The van der Waals surface area contributed by atoms with Gasteiger partial charge in [-0.3, -0.25) is 14.8 Å². The van der Waals surface area contributed by atoms with Crippen LogP contribution in [0.25, 0.3) is 11.1 Å². The van der Waals surface area contributed by atoms with E-state index in [1.54, 1.807) is 50.5 Å². The molecule has 1 amide bonds. The molecule has 4 aromatic rings. The van der Waals surface area contributed by atoms with Crippen molar-refractivity contribution in [1.82, 2.24) is 9.80 Å². The maximum Gasteiger partial charge on any atom is 0.260 e. The minimum Gasteiger partial charge on any atom is -0.497 e. The Morgan fingerprint density at radius 2 is 1.45 bits per heavy atom. The minimum absolute atomic E-state index is 0.156. The number of hydrogen-bond acceptors (Lipinski definition) is 11. The Morgan fingerprint density at radius 1 is 0.800 bits per heavy atom. The predicted octanol–water partition coefficient (Wildman–Crippen LogP) is 7.33. The van der Waals surface area contributed by atoms with Crippen molar-refractivity contribution in [1.29, 1.82) is 0 Å². The van der Waals surface area contributed by atoms with Crippen molar-refractivity contribution in [2.75, 3.05) is 40.3 Å². The molecule has 4 aliphatic heterocycles. The fourth-order valence-electron chi connectivity index (χ4n) is 7.49. The Hall–Kier alpha value is -6.27. The molecule has 3 unspecified atom stereocenters. The van der Waals surface area contributed by atoms with E-state index in [9.17, 15) is 9.90 Å². The molecule has 0 aliphatic carbocycles. The second-order valence-corrected chi connectivity index (χ2v) is 14.1. The second kappa shape index (κ2) is 14.5. The van der Waals surface area contributed by atoms with Gasteiger partial charge in [0.2, 0.25) is 0 Å². The van der Waals surface area contributed by atoms with E-state index in [0.717, 1.165) is 28.0 Å². The van der Waals surface area contributed by atoms with E-state index in [0.29, 0.717) is 83.7 Å². The van der Waals surface area contributed by atoms with Crippen LogP contribution in [0.5, 0.6) is 28.7 Å². The van der Waals surface area contributed by atoms with Crippen molar-refractivity contribution in [3.63, 3.8) is 0 Å². The SMILES string of the molecule is COc1ccc(C2=CN3C(O)c4cc(OC)c(OCCCOc5cc6c(cc5OC)C(=O)N5C=C(c7ccc(N)cc7)CC5C=N6)cc4N=CC3(C)C2)cc1. The number of aliphatic hydroxyl groups is 1. The number of benzene rings is 4. The largest absolute Gasteiger partial charge is 0.497 e. The highest BCUT2D eigenvalue weighted by atomic mass is 16.5. The van der Waals surface area contributed by atoms with Gasteiger partial charge in [-0.25, -0.2) is 0 Å². The zero-order valence-corrected chi connectivity index (χ0v) is 31.2. The van der Waals surface area contributed by atoms with Gasteiger partial charge < -0.3 is 44.3 Å². The van der Waals surface area contributed by atoms with Crippen LogP contribution < -0.4 is 29.4 Å². The first-order chi connectivity index (χ1) is 26.7. The Balaban J connectivity index is 0.919. The molecule has 12 heteroatoms. The predicted molar refractivity (Wildman–Crippen MR) is 212 cm³/mol. The number of anilines is 1. The molecule has 0 fully saturated rings. The summed E-state index contributed by atoms with van der Waals surface area (Å²) in [5.74, 6) is 2.55. The number of hydrogen-bond donors (Lipinski definition) is 2. The quantitative estimate of drug-likeness (QED) is 0.119. The fourth-order valence-corrected chi connectivity index (χ4v) is 7.49. The summed E-state index contributed by atoms with van der Waals surface area (Å²) >= 11 is 0. The van der Waals surface area contributed by atoms with Crippen molar-refractivity contribution >= 4 is 46.5 Å². The number of carbonyl (C=O) groups excluding carboxylic acids is 1. The number of nitrogens with zero attached hydrogens (tertiary/aromatic N) is 4. The summed E-state index contributed by atoms with van der Waals surface area (Å²) in [4.78, 5) is 26.9. The molecular formula is C43H43N5O7. The summed E-state index contributed by atoms with van der Waals surface area (Å²) in [7, 11) is 4.77. The molecular weight excluding hydrogens is 699 g/mol. The zero-order chi connectivity index (χ0) is 38.3. The maximum absolute atomic E-state index is 13.7. The molecule has 4 heterocycles. The van der Waals surface area contributed by atoms with Crippen LogP contribution in [0.2, 0.25) is 0 Å². The lowest BCUT2D eigenvalue weighted by atomic mass is 9.93. The van der Waals surface area contributed by atoms with Crippen molar-refractivity contribution in [2.24, 2.45) is 9.98 Å². The fraction of sp³-hybridized carbons (Fsp3) is 0.279. The first-order valence-electron chi connectivity index (χ1n) is 18.2. The molecule has 0 spiro atoms. The van der Waals surface area contributed by atoms with E-state index in [-0.39, 0.29) is 11.9 Å². The number of aliphatic imine (C=N–C) groups is 2. The third-order valence-corrected chi connectivity index (χ3v) is 10.5. The highest BCUT2D eigenvalue weighted by Gasteiger charge is 2.42. The standard InChI is InChI=1S/C43H43N5O7/c1-43-21-29(27-8-12-32(51-2)13-9-27)24-48(43)42(50)34-18-38(53-4)40(20-36(34)46-25-43)55-15-5-14-54-39-19-35-33(17-37(39)52-3)41(49)47-23-28(16-31(47)22-45-35)26-6-10-30(44)11-7-26/h6-13,17-20,22-25,31,42,50H,5,14-16,21,44H2,1-4H3. The van der Waals surface area contributed by atoms with Crippen LogP contribution in [0.1, 0.15) is 59.5 Å². The average Bonchev–Trinajstić information content (AvgIpc) is 3.74. The number of methoxy groups -OCH3 is 3. The van der Waals surface area contributed by atoms with Gasteiger partial charge in [0.25, 0.3) is 5.91 Å². The number of fused-ring (bicyclic) bond motifs is 4. The summed E-state index contributed by atoms with van der Waals surface area (Å²) in [6.45, 7) is 2.70. The van der Waals surface area contributed by atoms with Gasteiger partial charge in [-0.2, -0.15) is 0 Å². The van der Waals surface area contributed by atoms with Gasteiger partial charge >= 0.3 is 0 Å².